The number of hydrogen-bond donors (Lipinski definition) is 1. The van der Waals surface area contributed by atoms with Crippen LogP contribution in [0.15, 0.2) is 23.1 Å². The Kier molecular flexibility index (Phi) is 5.69. The molecule has 1 rings (SSSR count). The molecule has 106 valence electrons. The van der Waals surface area contributed by atoms with Crippen LogP contribution in [0.2, 0.25) is 5.02 Å². The van der Waals surface area contributed by atoms with Crippen molar-refractivity contribution < 1.29 is 13.2 Å². The van der Waals surface area contributed by atoms with Crippen LogP contribution in [0.1, 0.15) is 5.56 Å². The van der Waals surface area contributed by atoms with Crippen LogP contribution >= 0.6 is 23.8 Å². The van der Waals surface area contributed by atoms with E-state index in [0.717, 1.165) is 0 Å². The van der Waals surface area contributed by atoms with Crippen molar-refractivity contribution in [3.63, 3.8) is 0 Å². The van der Waals surface area contributed by atoms with E-state index in [1.807, 2.05) is 0 Å². The van der Waals surface area contributed by atoms with Crippen LogP contribution < -0.4 is 5.73 Å². The first-order chi connectivity index (χ1) is 8.80. The van der Waals surface area contributed by atoms with Gasteiger partial charge in [0.05, 0.1) is 11.6 Å². The van der Waals surface area contributed by atoms with Gasteiger partial charge in [-0.3, -0.25) is 0 Å². The Hall–Kier alpha value is -0.730. The summed E-state index contributed by atoms with van der Waals surface area (Å²) < 4.78 is 30.6. The maximum absolute atomic E-state index is 12.3. The van der Waals surface area contributed by atoms with E-state index in [0.29, 0.717) is 12.2 Å². The van der Waals surface area contributed by atoms with Gasteiger partial charge in [0.15, 0.2) is 0 Å². The van der Waals surface area contributed by atoms with Crippen molar-refractivity contribution in [1.82, 2.24) is 4.31 Å². The number of ether oxygens (including phenoxy) is 1. The molecule has 1 aromatic carbocycles. The predicted octanol–water partition coefficient (Wildman–Crippen LogP) is 1.24. The molecule has 0 aliphatic heterocycles. The molecule has 0 aliphatic rings. The maximum atomic E-state index is 12.3. The fourth-order valence-electron chi connectivity index (χ4n) is 1.37. The molecule has 0 atom stereocenters. The van der Waals surface area contributed by atoms with Gasteiger partial charge in [0.25, 0.3) is 0 Å². The van der Waals surface area contributed by atoms with Crippen molar-refractivity contribution in [2.24, 2.45) is 5.73 Å². The van der Waals surface area contributed by atoms with Crippen LogP contribution in [0.25, 0.3) is 0 Å². The molecule has 0 heterocycles. The van der Waals surface area contributed by atoms with Crippen molar-refractivity contribution in [3.8, 4) is 0 Å². The van der Waals surface area contributed by atoms with E-state index in [1.165, 1.54) is 36.7 Å². The van der Waals surface area contributed by atoms with Crippen LogP contribution in [0, 0.1) is 0 Å². The summed E-state index contributed by atoms with van der Waals surface area (Å²) in [5, 5.41) is 0.0922. The van der Waals surface area contributed by atoms with Gasteiger partial charge in [0.2, 0.25) is 10.0 Å². The number of benzene rings is 1. The molecule has 0 fully saturated rings. The summed E-state index contributed by atoms with van der Waals surface area (Å²) in [6, 6.07) is 4.38. The minimum atomic E-state index is -3.65. The Bertz CT molecular complexity index is 575. The number of hydrogen-bond acceptors (Lipinski definition) is 4. The van der Waals surface area contributed by atoms with Crippen LogP contribution in [-0.4, -0.2) is 45.0 Å². The van der Waals surface area contributed by atoms with Crippen LogP contribution in [0.4, 0.5) is 0 Å². The van der Waals surface area contributed by atoms with E-state index in [2.05, 4.69) is 0 Å². The highest BCUT2D eigenvalue weighted by Gasteiger charge is 2.23. The summed E-state index contributed by atoms with van der Waals surface area (Å²) in [6.45, 7) is 0.546. The number of likely N-dealkylation sites (N-methyl/N-ethyl adjacent to an activating group) is 1. The Morgan fingerprint density at radius 3 is 2.63 bits per heavy atom. The van der Waals surface area contributed by atoms with Gasteiger partial charge in [0.1, 0.15) is 9.88 Å². The standard InChI is InChI=1S/C11H15ClN2O3S2/c1-14(5-6-17-2)19(15,16)10-4-3-8(11(13)18)7-9(10)12/h3-4,7H,5-6H2,1-2H3,(H2,13,18). The Labute approximate surface area is 123 Å². The van der Waals surface area contributed by atoms with E-state index >= 15 is 0 Å². The molecular formula is C11H15ClN2O3S2. The number of nitrogens with two attached hydrogens (primary N) is 1. The molecule has 0 amide bonds. The van der Waals surface area contributed by atoms with Crippen molar-refractivity contribution in [3.05, 3.63) is 28.8 Å². The van der Waals surface area contributed by atoms with Crippen molar-refractivity contribution in [2.45, 2.75) is 4.90 Å². The van der Waals surface area contributed by atoms with E-state index in [9.17, 15) is 8.42 Å². The molecule has 0 spiro atoms. The topological polar surface area (TPSA) is 72.6 Å². The second-order valence-electron chi connectivity index (χ2n) is 3.83. The number of halogens is 1. The highest BCUT2D eigenvalue weighted by atomic mass is 35.5. The molecule has 0 saturated heterocycles. The van der Waals surface area contributed by atoms with Gasteiger partial charge in [0, 0.05) is 26.3 Å². The molecule has 8 heteroatoms. The van der Waals surface area contributed by atoms with Gasteiger partial charge in [-0.05, 0) is 12.1 Å². The summed E-state index contributed by atoms with van der Waals surface area (Å²) in [4.78, 5) is 0.186. The minimum Gasteiger partial charge on any atom is -0.389 e. The maximum Gasteiger partial charge on any atom is 0.244 e. The second kappa shape index (κ2) is 6.62. The molecule has 0 unspecified atom stereocenters. The molecule has 0 saturated carbocycles. The zero-order valence-corrected chi connectivity index (χ0v) is 13.0. The third-order valence-electron chi connectivity index (χ3n) is 2.51. The zero-order valence-electron chi connectivity index (χ0n) is 10.6. The molecule has 0 aromatic heterocycles. The lowest BCUT2D eigenvalue weighted by Gasteiger charge is -2.17. The molecule has 1 aromatic rings. The van der Waals surface area contributed by atoms with Gasteiger partial charge in [-0.1, -0.05) is 29.9 Å². The summed E-state index contributed by atoms with van der Waals surface area (Å²) in [7, 11) is -0.678. The molecule has 0 aliphatic carbocycles. The second-order valence-corrected chi connectivity index (χ2v) is 6.69. The summed E-state index contributed by atoms with van der Waals surface area (Å²) in [5.74, 6) is 0. The van der Waals surface area contributed by atoms with Crippen LogP contribution in [0.5, 0.6) is 0 Å². The third-order valence-corrected chi connectivity index (χ3v) is 5.09. The van der Waals surface area contributed by atoms with Gasteiger partial charge in [-0.2, -0.15) is 4.31 Å². The van der Waals surface area contributed by atoms with E-state index in [1.54, 1.807) is 0 Å². The van der Waals surface area contributed by atoms with Crippen molar-refractivity contribution >= 4 is 38.8 Å². The Morgan fingerprint density at radius 2 is 2.16 bits per heavy atom. The van der Waals surface area contributed by atoms with Gasteiger partial charge < -0.3 is 10.5 Å². The number of thiocarbonyl (C=S) groups is 1. The fourth-order valence-corrected chi connectivity index (χ4v) is 3.17. The lowest BCUT2D eigenvalue weighted by Crippen LogP contribution is -2.30. The van der Waals surface area contributed by atoms with Crippen LogP contribution in [0.3, 0.4) is 0 Å². The normalized spacial score (nSPS) is 11.8. The van der Waals surface area contributed by atoms with Crippen molar-refractivity contribution in [2.75, 3.05) is 27.3 Å². The first kappa shape index (κ1) is 16.3. The van der Waals surface area contributed by atoms with Gasteiger partial charge in [-0.15, -0.1) is 0 Å². The first-order valence-corrected chi connectivity index (χ1v) is 7.58. The van der Waals surface area contributed by atoms with Gasteiger partial charge in [-0.25, -0.2) is 8.42 Å². The quantitative estimate of drug-likeness (QED) is 0.798. The molecule has 0 bridgehead atoms. The molecule has 2 N–H and O–H groups in total. The number of sulfonamides is 1. The smallest absolute Gasteiger partial charge is 0.244 e. The zero-order chi connectivity index (χ0) is 14.6. The Morgan fingerprint density at radius 1 is 1.53 bits per heavy atom. The van der Waals surface area contributed by atoms with Crippen LogP contribution in [-0.2, 0) is 14.8 Å². The average molecular weight is 323 g/mol. The largest absolute Gasteiger partial charge is 0.389 e. The summed E-state index contributed by atoms with van der Waals surface area (Å²) in [6.07, 6.45) is 0. The van der Waals surface area contributed by atoms with E-state index < -0.39 is 10.0 Å². The minimum absolute atomic E-state index is 0.0211. The summed E-state index contributed by atoms with van der Waals surface area (Å²) in [5.41, 5.74) is 5.99. The van der Waals surface area contributed by atoms with Crippen molar-refractivity contribution in [1.29, 1.82) is 0 Å². The van der Waals surface area contributed by atoms with Gasteiger partial charge >= 0.3 is 0 Å². The third kappa shape index (κ3) is 3.87. The SMILES string of the molecule is COCCN(C)S(=O)(=O)c1ccc(C(N)=S)cc1Cl. The lowest BCUT2D eigenvalue weighted by molar-refractivity contribution is 0.185. The highest BCUT2D eigenvalue weighted by Crippen LogP contribution is 2.25. The average Bonchev–Trinajstić information content (AvgIpc) is 2.35. The fraction of sp³-hybridized carbons (Fsp3) is 0.364. The molecule has 5 nitrogen and oxygen atoms in total. The number of nitrogens with zero attached hydrogens (tertiary/aromatic N) is 1. The Balaban J connectivity index is 3.12. The lowest BCUT2D eigenvalue weighted by atomic mass is 10.2. The monoisotopic (exact) mass is 322 g/mol. The van der Waals surface area contributed by atoms with E-state index in [4.69, 9.17) is 34.3 Å². The van der Waals surface area contributed by atoms with E-state index in [-0.39, 0.29) is 21.5 Å². The first-order valence-electron chi connectivity index (χ1n) is 5.35. The highest BCUT2D eigenvalue weighted by molar-refractivity contribution is 7.89. The number of rotatable bonds is 6. The molecular weight excluding hydrogens is 308 g/mol. The summed E-state index contributed by atoms with van der Waals surface area (Å²) >= 11 is 10.8. The number of methoxy groups -OCH3 is 1. The molecule has 19 heavy (non-hydrogen) atoms. The predicted molar refractivity (Wildman–Crippen MR) is 79.0 cm³/mol. The molecule has 0 radical (unpaired) electrons.